The lowest BCUT2D eigenvalue weighted by Gasteiger charge is -2.02. The lowest BCUT2D eigenvalue weighted by Crippen LogP contribution is -2.02. The quantitative estimate of drug-likeness (QED) is 0.498. The maximum Gasteiger partial charge on any atom is 0.331 e. The largest absolute Gasteiger partial charge is 0.478 e. The molecule has 2 nitrogen and oxygen atoms in total. The fraction of sp³-hybridized carbons (Fsp3) is 0.444. The second-order valence-corrected chi connectivity index (χ2v) is 2.41. The summed E-state index contributed by atoms with van der Waals surface area (Å²) in [6, 6.07) is 0. The maximum atomic E-state index is 10.6. The molecule has 0 aromatic heterocycles. The number of hydrogen-bond donors (Lipinski definition) is 1. The second-order valence-electron chi connectivity index (χ2n) is 2.41. The molecule has 0 amide bonds. The standard InChI is InChI=1S/C9H14O2/c1-4-6-8(9(10)11)7(3)5-2/h4H,1,5-6H2,2-3H3,(H,10,11). The van der Waals surface area contributed by atoms with Gasteiger partial charge in [0.05, 0.1) is 0 Å². The molecule has 0 atom stereocenters. The summed E-state index contributed by atoms with van der Waals surface area (Å²) in [4.78, 5) is 10.6. The molecule has 0 rings (SSSR count). The van der Waals surface area contributed by atoms with Gasteiger partial charge in [0.25, 0.3) is 0 Å². The van der Waals surface area contributed by atoms with Crippen molar-refractivity contribution in [1.29, 1.82) is 0 Å². The fourth-order valence-electron chi connectivity index (χ4n) is 0.802. The summed E-state index contributed by atoms with van der Waals surface area (Å²) in [5, 5.41) is 8.70. The molecule has 0 bridgehead atoms. The van der Waals surface area contributed by atoms with E-state index in [0.717, 1.165) is 12.0 Å². The molecule has 0 unspecified atom stereocenters. The highest BCUT2D eigenvalue weighted by atomic mass is 16.4. The van der Waals surface area contributed by atoms with Gasteiger partial charge in [0.2, 0.25) is 0 Å². The van der Waals surface area contributed by atoms with Gasteiger partial charge in [-0.3, -0.25) is 0 Å². The van der Waals surface area contributed by atoms with Crippen LogP contribution in [-0.4, -0.2) is 11.1 Å². The van der Waals surface area contributed by atoms with Crippen LogP contribution in [0.5, 0.6) is 0 Å². The van der Waals surface area contributed by atoms with Gasteiger partial charge in [0.1, 0.15) is 0 Å². The first kappa shape index (κ1) is 9.95. The summed E-state index contributed by atoms with van der Waals surface area (Å²) < 4.78 is 0. The SMILES string of the molecule is C=CCC(C(=O)O)=C(C)CC. The molecule has 0 aliphatic carbocycles. The third kappa shape index (κ3) is 3.03. The van der Waals surface area contributed by atoms with Crippen molar-refractivity contribution >= 4 is 5.97 Å². The smallest absolute Gasteiger partial charge is 0.331 e. The van der Waals surface area contributed by atoms with Crippen molar-refractivity contribution in [1.82, 2.24) is 0 Å². The third-order valence-electron chi connectivity index (χ3n) is 1.65. The molecular weight excluding hydrogens is 140 g/mol. The molecule has 0 aliphatic rings. The molecule has 0 aromatic rings. The molecule has 2 heteroatoms. The number of allylic oxidation sites excluding steroid dienone is 2. The molecule has 0 saturated heterocycles. The molecule has 0 spiro atoms. The monoisotopic (exact) mass is 154 g/mol. The zero-order chi connectivity index (χ0) is 8.85. The van der Waals surface area contributed by atoms with Crippen molar-refractivity contribution in [3.8, 4) is 0 Å². The van der Waals surface area contributed by atoms with Crippen LogP contribution < -0.4 is 0 Å². The summed E-state index contributed by atoms with van der Waals surface area (Å²) in [6.07, 6.45) is 2.85. The van der Waals surface area contributed by atoms with Crippen LogP contribution in [0.25, 0.3) is 0 Å². The van der Waals surface area contributed by atoms with Crippen molar-refractivity contribution in [3.63, 3.8) is 0 Å². The summed E-state index contributed by atoms with van der Waals surface area (Å²) in [6.45, 7) is 7.29. The normalized spacial score (nSPS) is 12.2. The summed E-state index contributed by atoms with van der Waals surface area (Å²) in [7, 11) is 0. The van der Waals surface area contributed by atoms with Crippen LogP contribution in [0.2, 0.25) is 0 Å². The van der Waals surface area contributed by atoms with Gasteiger partial charge in [0.15, 0.2) is 0 Å². The van der Waals surface area contributed by atoms with Crippen LogP contribution in [0, 0.1) is 0 Å². The van der Waals surface area contributed by atoms with E-state index < -0.39 is 5.97 Å². The van der Waals surface area contributed by atoms with E-state index in [-0.39, 0.29) is 0 Å². The number of hydrogen-bond acceptors (Lipinski definition) is 1. The lowest BCUT2D eigenvalue weighted by atomic mass is 10.0. The van der Waals surface area contributed by atoms with Crippen molar-refractivity contribution in [2.75, 3.05) is 0 Å². The number of carbonyl (C=O) groups is 1. The number of carboxylic acids is 1. The van der Waals surface area contributed by atoms with E-state index in [0.29, 0.717) is 12.0 Å². The average Bonchev–Trinajstić information content (AvgIpc) is 1.98. The van der Waals surface area contributed by atoms with E-state index >= 15 is 0 Å². The van der Waals surface area contributed by atoms with Gasteiger partial charge in [-0.15, -0.1) is 6.58 Å². The van der Waals surface area contributed by atoms with Gasteiger partial charge in [-0.2, -0.15) is 0 Å². The Morgan fingerprint density at radius 1 is 1.64 bits per heavy atom. The summed E-state index contributed by atoms with van der Waals surface area (Å²) in [5.74, 6) is -0.829. The topological polar surface area (TPSA) is 37.3 Å². The first-order valence-electron chi connectivity index (χ1n) is 3.66. The van der Waals surface area contributed by atoms with Gasteiger partial charge in [-0.25, -0.2) is 4.79 Å². The molecular formula is C9H14O2. The molecule has 0 aliphatic heterocycles. The predicted molar refractivity (Wildman–Crippen MR) is 45.4 cm³/mol. The van der Waals surface area contributed by atoms with Crippen molar-refractivity contribution < 1.29 is 9.90 Å². The van der Waals surface area contributed by atoms with Gasteiger partial charge in [-0.05, 0) is 19.8 Å². The highest BCUT2D eigenvalue weighted by Gasteiger charge is 2.07. The van der Waals surface area contributed by atoms with Crippen LogP contribution >= 0.6 is 0 Å². The third-order valence-corrected chi connectivity index (χ3v) is 1.65. The van der Waals surface area contributed by atoms with Crippen LogP contribution in [-0.2, 0) is 4.79 Å². The number of rotatable bonds is 4. The zero-order valence-corrected chi connectivity index (χ0v) is 7.05. The Morgan fingerprint density at radius 2 is 2.18 bits per heavy atom. The molecule has 11 heavy (non-hydrogen) atoms. The first-order chi connectivity index (χ1) is 5.13. The van der Waals surface area contributed by atoms with Crippen LogP contribution in [0.1, 0.15) is 26.7 Å². The Kier molecular flexibility index (Phi) is 4.27. The fourth-order valence-corrected chi connectivity index (χ4v) is 0.802. The molecule has 0 fully saturated rings. The molecule has 0 saturated carbocycles. The van der Waals surface area contributed by atoms with Gasteiger partial charge < -0.3 is 5.11 Å². The van der Waals surface area contributed by atoms with Gasteiger partial charge in [-0.1, -0.05) is 18.6 Å². The Bertz CT molecular complexity index is 190. The van der Waals surface area contributed by atoms with E-state index in [4.69, 9.17) is 5.11 Å². The molecule has 1 N–H and O–H groups in total. The first-order valence-corrected chi connectivity index (χ1v) is 3.66. The predicted octanol–water partition coefficient (Wildman–Crippen LogP) is 2.37. The van der Waals surface area contributed by atoms with Gasteiger partial charge >= 0.3 is 5.97 Å². The molecule has 0 aromatic carbocycles. The van der Waals surface area contributed by atoms with Crippen molar-refractivity contribution in [3.05, 3.63) is 23.8 Å². The lowest BCUT2D eigenvalue weighted by molar-refractivity contribution is -0.132. The van der Waals surface area contributed by atoms with Crippen molar-refractivity contribution in [2.24, 2.45) is 0 Å². The zero-order valence-electron chi connectivity index (χ0n) is 7.05. The van der Waals surface area contributed by atoms with E-state index in [9.17, 15) is 4.79 Å². The Hall–Kier alpha value is -1.05. The second kappa shape index (κ2) is 4.72. The Labute approximate surface area is 67.2 Å². The van der Waals surface area contributed by atoms with E-state index in [1.54, 1.807) is 6.08 Å². The van der Waals surface area contributed by atoms with Crippen LogP contribution in [0.4, 0.5) is 0 Å². The molecule has 0 heterocycles. The van der Waals surface area contributed by atoms with Gasteiger partial charge in [0, 0.05) is 5.57 Å². The number of carboxylic acid groups (broad SMARTS) is 1. The minimum atomic E-state index is -0.829. The average molecular weight is 154 g/mol. The Morgan fingerprint density at radius 3 is 2.45 bits per heavy atom. The minimum absolute atomic E-state index is 0.453. The van der Waals surface area contributed by atoms with E-state index in [2.05, 4.69) is 6.58 Å². The highest BCUT2D eigenvalue weighted by Crippen LogP contribution is 2.12. The van der Waals surface area contributed by atoms with Crippen LogP contribution in [0.3, 0.4) is 0 Å². The van der Waals surface area contributed by atoms with E-state index in [1.165, 1.54) is 0 Å². The van der Waals surface area contributed by atoms with E-state index in [1.807, 2.05) is 13.8 Å². The van der Waals surface area contributed by atoms with Crippen molar-refractivity contribution in [2.45, 2.75) is 26.7 Å². The molecule has 0 radical (unpaired) electrons. The Balaban J connectivity index is 4.56. The minimum Gasteiger partial charge on any atom is -0.478 e. The number of aliphatic carboxylic acids is 1. The molecule has 62 valence electrons. The summed E-state index contributed by atoms with van der Waals surface area (Å²) >= 11 is 0. The highest BCUT2D eigenvalue weighted by molar-refractivity contribution is 5.87. The summed E-state index contributed by atoms with van der Waals surface area (Å²) in [5.41, 5.74) is 1.40. The van der Waals surface area contributed by atoms with Crippen LogP contribution in [0.15, 0.2) is 23.8 Å². The maximum absolute atomic E-state index is 10.6.